The van der Waals surface area contributed by atoms with Crippen LogP contribution in [0.5, 0.6) is 0 Å². The number of aryl methyl sites for hydroxylation is 1. The second-order valence-electron chi connectivity index (χ2n) is 6.03. The van der Waals surface area contributed by atoms with Gasteiger partial charge in [-0.15, -0.1) is 11.6 Å². The molecule has 1 unspecified atom stereocenters. The fourth-order valence-electron chi connectivity index (χ4n) is 3.09. The number of hydrogen-bond acceptors (Lipinski definition) is 1. The van der Waals surface area contributed by atoms with E-state index in [4.69, 9.17) is 11.6 Å². The third-order valence-corrected chi connectivity index (χ3v) is 4.41. The largest absolute Gasteiger partial charge is 0.343 e. The first-order valence-electron chi connectivity index (χ1n) is 6.64. The molecule has 1 fully saturated rings. The molecule has 1 heterocycles. The zero-order chi connectivity index (χ0) is 13.7. The van der Waals surface area contributed by atoms with Gasteiger partial charge in [0.25, 0.3) is 0 Å². The van der Waals surface area contributed by atoms with Gasteiger partial charge in [0.2, 0.25) is 0 Å². The van der Waals surface area contributed by atoms with Gasteiger partial charge < -0.3 is 4.57 Å². The van der Waals surface area contributed by atoms with Crippen molar-refractivity contribution in [2.75, 3.05) is 0 Å². The van der Waals surface area contributed by atoms with E-state index in [2.05, 4.69) is 25.3 Å². The summed E-state index contributed by atoms with van der Waals surface area (Å²) in [6.45, 7) is 10.4. The molecule has 100 valence electrons. The van der Waals surface area contributed by atoms with Crippen molar-refractivity contribution in [2.24, 2.45) is 5.92 Å². The zero-order valence-corrected chi connectivity index (χ0v) is 12.6. The molecule has 1 aliphatic rings. The van der Waals surface area contributed by atoms with Crippen LogP contribution in [-0.4, -0.2) is 15.7 Å². The topological polar surface area (TPSA) is 22.0 Å². The molecule has 2 nitrogen and oxygen atoms in total. The molecule has 0 aromatic carbocycles. The number of Topliss-reactive ketones (excluding diaryl/α,β-unsaturated/α-hetero) is 1. The molecule has 18 heavy (non-hydrogen) atoms. The summed E-state index contributed by atoms with van der Waals surface area (Å²) in [6, 6.07) is 1.99. The van der Waals surface area contributed by atoms with E-state index in [1.54, 1.807) is 6.92 Å². The monoisotopic (exact) mass is 267 g/mol. The standard InChI is InChI=1S/C15H22ClNO/c1-9-8-13(14(18)10(2)16)11(3)17(9)15(4,5)12-6-7-12/h8,10,12H,6-7H2,1-5H3. The molecule has 2 rings (SSSR count). The van der Waals surface area contributed by atoms with E-state index in [0.29, 0.717) is 0 Å². The molecule has 0 N–H and O–H groups in total. The summed E-state index contributed by atoms with van der Waals surface area (Å²) in [5, 5.41) is -0.456. The van der Waals surface area contributed by atoms with E-state index in [0.717, 1.165) is 22.9 Å². The minimum Gasteiger partial charge on any atom is -0.343 e. The lowest BCUT2D eigenvalue weighted by Crippen LogP contribution is -2.31. The lowest BCUT2D eigenvalue weighted by atomic mass is 9.97. The minimum atomic E-state index is -0.456. The van der Waals surface area contributed by atoms with Gasteiger partial charge in [0, 0.05) is 22.5 Å². The maximum Gasteiger partial charge on any atom is 0.182 e. The summed E-state index contributed by atoms with van der Waals surface area (Å²) in [5.41, 5.74) is 3.10. The van der Waals surface area contributed by atoms with Crippen LogP contribution < -0.4 is 0 Å². The highest BCUT2D eigenvalue weighted by Crippen LogP contribution is 2.45. The number of ketones is 1. The third kappa shape index (κ3) is 2.11. The average molecular weight is 268 g/mol. The molecule has 1 saturated carbocycles. The summed E-state index contributed by atoms with van der Waals surface area (Å²) in [7, 11) is 0. The van der Waals surface area contributed by atoms with E-state index >= 15 is 0 Å². The molecule has 3 heteroatoms. The smallest absolute Gasteiger partial charge is 0.182 e. The molecule has 1 aromatic rings. The van der Waals surface area contributed by atoms with Gasteiger partial charge >= 0.3 is 0 Å². The highest BCUT2D eigenvalue weighted by Gasteiger charge is 2.40. The molecule has 1 atom stereocenters. The van der Waals surface area contributed by atoms with E-state index in [1.165, 1.54) is 12.8 Å². The van der Waals surface area contributed by atoms with Crippen LogP contribution in [0.4, 0.5) is 0 Å². The van der Waals surface area contributed by atoms with E-state index < -0.39 is 5.38 Å². The average Bonchev–Trinajstić information content (AvgIpc) is 3.04. The number of alkyl halides is 1. The Hall–Kier alpha value is -0.760. The summed E-state index contributed by atoms with van der Waals surface area (Å²) >= 11 is 5.93. The van der Waals surface area contributed by atoms with Crippen LogP contribution in [-0.2, 0) is 5.54 Å². The van der Waals surface area contributed by atoms with Crippen molar-refractivity contribution in [1.82, 2.24) is 4.57 Å². The molecule has 0 bridgehead atoms. The second kappa shape index (κ2) is 4.41. The predicted octanol–water partition coefficient (Wildman–Crippen LogP) is 4.06. The van der Waals surface area contributed by atoms with Crippen LogP contribution in [0.2, 0.25) is 0 Å². The molecule has 0 aliphatic heterocycles. The predicted molar refractivity (Wildman–Crippen MR) is 75.6 cm³/mol. The lowest BCUT2D eigenvalue weighted by molar-refractivity contribution is 0.0990. The van der Waals surface area contributed by atoms with Crippen molar-refractivity contribution in [3.63, 3.8) is 0 Å². The fraction of sp³-hybridized carbons (Fsp3) is 0.667. The van der Waals surface area contributed by atoms with Crippen molar-refractivity contribution in [3.05, 3.63) is 23.0 Å². The number of hydrogen-bond donors (Lipinski definition) is 0. The highest BCUT2D eigenvalue weighted by molar-refractivity contribution is 6.33. The Kier molecular flexibility index (Phi) is 3.35. The van der Waals surface area contributed by atoms with Crippen LogP contribution in [0.3, 0.4) is 0 Å². The first kappa shape index (κ1) is 13.7. The number of halogens is 1. The van der Waals surface area contributed by atoms with Gasteiger partial charge in [-0.2, -0.15) is 0 Å². The molecule has 1 aromatic heterocycles. The Morgan fingerprint density at radius 3 is 2.44 bits per heavy atom. The fourth-order valence-corrected chi connectivity index (χ4v) is 3.20. The van der Waals surface area contributed by atoms with E-state index in [9.17, 15) is 4.79 Å². The Morgan fingerprint density at radius 1 is 1.44 bits per heavy atom. The molecule has 0 radical (unpaired) electrons. The molecular formula is C15H22ClNO. The Morgan fingerprint density at radius 2 is 2.00 bits per heavy atom. The SMILES string of the molecule is Cc1cc(C(=O)C(C)Cl)c(C)n1C(C)(C)C1CC1. The quantitative estimate of drug-likeness (QED) is 0.596. The Bertz CT molecular complexity index is 481. The van der Waals surface area contributed by atoms with Crippen molar-refractivity contribution < 1.29 is 4.79 Å². The van der Waals surface area contributed by atoms with Crippen molar-refractivity contribution in [2.45, 2.75) is 58.4 Å². The van der Waals surface area contributed by atoms with Crippen LogP contribution >= 0.6 is 11.6 Å². The Balaban J connectivity index is 2.47. The first-order chi connectivity index (χ1) is 8.26. The zero-order valence-electron chi connectivity index (χ0n) is 11.9. The third-order valence-electron chi connectivity index (χ3n) is 4.21. The highest BCUT2D eigenvalue weighted by atomic mass is 35.5. The number of rotatable bonds is 4. The maximum absolute atomic E-state index is 12.1. The molecule has 0 saturated heterocycles. The molecule has 0 amide bonds. The van der Waals surface area contributed by atoms with Gasteiger partial charge in [-0.05, 0) is 59.4 Å². The van der Waals surface area contributed by atoms with Crippen molar-refractivity contribution in [1.29, 1.82) is 0 Å². The van der Waals surface area contributed by atoms with Gasteiger partial charge in [-0.3, -0.25) is 4.79 Å². The number of nitrogens with zero attached hydrogens (tertiary/aromatic N) is 1. The summed E-state index contributed by atoms with van der Waals surface area (Å²) in [6.07, 6.45) is 2.58. The first-order valence-corrected chi connectivity index (χ1v) is 7.08. The van der Waals surface area contributed by atoms with Gasteiger partial charge in [0.1, 0.15) is 0 Å². The van der Waals surface area contributed by atoms with Gasteiger partial charge in [0.05, 0.1) is 5.38 Å². The van der Waals surface area contributed by atoms with Crippen LogP contribution in [0, 0.1) is 19.8 Å². The van der Waals surface area contributed by atoms with Crippen LogP contribution in [0.25, 0.3) is 0 Å². The van der Waals surface area contributed by atoms with E-state index in [-0.39, 0.29) is 11.3 Å². The second-order valence-corrected chi connectivity index (χ2v) is 6.68. The number of aromatic nitrogens is 1. The normalized spacial score (nSPS) is 17.9. The lowest BCUT2D eigenvalue weighted by Gasteiger charge is -2.30. The van der Waals surface area contributed by atoms with Crippen molar-refractivity contribution >= 4 is 17.4 Å². The van der Waals surface area contributed by atoms with Crippen LogP contribution in [0.1, 0.15) is 55.4 Å². The molecular weight excluding hydrogens is 246 g/mol. The maximum atomic E-state index is 12.1. The molecule has 0 spiro atoms. The summed E-state index contributed by atoms with van der Waals surface area (Å²) < 4.78 is 2.32. The summed E-state index contributed by atoms with van der Waals surface area (Å²) in [5.74, 6) is 0.765. The van der Waals surface area contributed by atoms with Gasteiger partial charge in [0.15, 0.2) is 5.78 Å². The number of carbonyl (C=O) groups is 1. The molecule has 1 aliphatic carbocycles. The van der Waals surface area contributed by atoms with Crippen molar-refractivity contribution in [3.8, 4) is 0 Å². The van der Waals surface area contributed by atoms with Gasteiger partial charge in [-0.1, -0.05) is 0 Å². The van der Waals surface area contributed by atoms with Gasteiger partial charge in [-0.25, -0.2) is 0 Å². The van der Waals surface area contributed by atoms with Crippen LogP contribution in [0.15, 0.2) is 6.07 Å². The summed E-state index contributed by atoms with van der Waals surface area (Å²) in [4.78, 5) is 12.1. The number of carbonyl (C=O) groups excluding carboxylic acids is 1. The van der Waals surface area contributed by atoms with E-state index in [1.807, 2.05) is 13.0 Å². The Labute approximate surface area is 114 Å². The minimum absolute atomic E-state index is 0.0302.